The van der Waals surface area contributed by atoms with Crippen molar-refractivity contribution in [2.75, 3.05) is 6.54 Å². The van der Waals surface area contributed by atoms with Gasteiger partial charge in [-0.2, -0.15) is 0 Å². The molecule has 7 heteroatoms. The fraction of sp³-hybridized carbons (Fsp3) is 0.250. The number of imidazole rings is 1. The number of aromatic nitrogens is 4. The number of carbonyl (C=O) groups is 1. The summed E-state index contributed by atoms with van der Waals surface area (Å²) in [7, 11) is 0. The van der Waals surface area contributed by atoms with Crippen molar-refractivity contribution in [2.45, 2.75) is 19.4 Å². The zero-order chi connectivity index (χ0) is 16.0. The van der Waals surface area contributed by atoms with Crippen LogP contribution in [-0.2, 0) is 6.42 Å². The Morgan fingerprint density at radius 3 is 3.00 bits per heavy atom. The van der Waals surface area contributed by atoms with Crippen LogP contribution < -0.4 is 0 Å². The third kappa shape index (κ3) is 2.26. The van der Waals surface area contributed by atoms with Crippen molar-refractivity contribution in [3.63, 3.8) is 0 Å². The molecule has 3 heterocycles. The number of H-pyrrole nitrogens is 1. The number of amides is 1. The van der Waals surface area contributed by atoms with Crippen LogP contribution in [0.3, 0.4) is 0 Å². The minimum Gasteiger partial charge on any atom is -0.333 e. The van der Waals surface area contributed by atoms with Crippen LogP contribution in [0, 0.1) is 0 Å². The Balaban J connectivity index is 1.70. The molecule has 23 heavy (non-hydrogen) atoms. The van der Waals surface area contributed by atoms with Gasteiger partial charge in [0, 0.05) is 25.4 Å². The molecule has 0 unspecified atom stereocenters. The van der Waals surface area contributed by atoms with E-state index in [-0.39, 0.29) is 11.9 Å². The first kappa shape index (κ1) is 14.1. The van der Waals surface area contributed by atoms with Crippen LogP contribution in [0.5, 0.6) is 0 Å². The van der Waals surface area contributed by atoms with E-state index in [1.807, 2.05) is 19.1 Å². The Kier molecular flexibility index (Phi) is 3.27. The first-order valence-corrected chi connectivity index (χ1v) is 7.78. The zero-order valence-corrected chi connectivity index (χ0v) is 13.2. The van der Waals surface area contributed by atoms with Crippen LogP contribution in [0.1, 0.15) is 35.0 Å². The van der Waals surface area contributed by atoms with Crippen LogP contribution in [0.25, 0.3) is 11.0 Å². The van der Waals surface area contributed by atoms with Gasteiger partial charge in [-0.1, -0.05) is 17.7 Å². The molecule has 0 fully saturated rings. The second-order valence-electron chi connectivity index (χ2n) is 5.53. The largest absolute Gasteiger partial charge is 0.333 e. The molecule has 1 aromatic carbocycles. The normalized spacial score (nSPS) is 17.3. The van der Waals surface area contributed by atoms with Crippen molar-refractivity contribution in [3.8, 4) is 0 Å². The van der Waals surface area contributed by atoms with Gasteiger partial charge in [0.1, 0.15) is 0 Å². The molecule has 1 atom stereocenters. The zero-order valence-electron chi connectivity index (χ0n) is 12.5. The standard InChI is InChI=1S/C16H14ClN5O/c1-9-13-11(18-6-7-19-13)5-8-22(9)16(23)15-20-12-4-2-3-10(17)14(12)21-15/h2-4,6-7,9H,5,8H2,1H3,(H,20,21)/t9-/m0/s1. The number of para-hydroxylation sites is 1. The fourth-order valence-electron chi connectivity index (χ4n) is 3.00. The van der Waals surface area contributed by atoms with Crippen molar-refractivity contribution in [1.82, 2.24) is 24.8 Å². The Morgan fingerprint density at radius 1 is 1.35 bits per heavy atom. The second kappa shape index (κ2) is 5.31. The summed E-state index contributed by atoms with van der Waals surface area (Å²) in [5.74, 6) is 0.147. The van der Waals surface area contributed by atoms with E-state index < -0.39 is 0 Å². The quantitative estimate of drug-likeness (QED) is 0.745. The average Bonchev–Trinajstić information content (AvgIpc) is 3.01. The highest BCUT2D eigenvalue weighted by Crippen LogP contribution is 2.28. The van der Waals surface area contributed by atoms with Crippen LogP contribution in [0.2, 0.25) is 5.02 Å². The second-order valence-corrected chi connectivity index (χ2v) is 5.94. The summed E-state index contributed by atoms with van der Waals surface area (Å²) >= 11 is 6.14. The molecule has 2 aromatic heterocycles. The molecule has 0 aliphatic carbocycles. The topological polar surface area (TPSA) is 74.8 Å². The van der Waals surface area contributed by atoms with Crippen LogP contribution in [0.4, 0.5) is 0 Å². The Labute approximate surface area is 137 Å². The molecule has 4 rings (SSSR count). The SMILES string of the molecule is C[C@H]1c2nccnc2CCN1C(=O)c1nc2cccc(Cl)c2[nH]1. The third-order valence-corrected chi connectivity index (χ3v) is 4.50. The summed E-state index contributed by atoms with van der Waals surface area (Å²) in [6.07, 6.45) is 4.04. The van der Waals surface area contributed by atoms with E-state index in [0.717, 1.165) is 11.4 Å². The third-order valence-electron chi connectivity index (χ3n) is 4.19. The Bertz CT molecular complexity index is 906. The highest BCUT2D eigenvalue weighted by atomic mass is 35.5. The van der Waals surface area contributed by atoms with Gasteiger partial charge in [0.15, 0.2) is 5.82 Å². The molecule has 0 spiro atoms. The molecule has 1 N–H and O–H groups in total. The number of hydrogen-bond acceptors (Lipinski definition) is 4. The maximum Gasteiger partial charge on any atom is 0.290 e. The lowest BCUT2D eigenvalue weighted by Crippen LogP contribution is -2.40. The first-order chi connectivity index (χ1) is 11.1. The molecule has 0 radical (unpaired) electrons. The molecule has 1 aliphatic heterocycles. The first-order valence-electron chi connectivity index (χ1n) is 7.40. The van der Waals surface area contributed by atoms with Gasteiger partial charge >= 0.3 is 0 Å². The molecular formula is C16H14ClN5O. The van der Waals surface area contributed by atoms with Gasteiger partial charge in [0.05, 0.1) is 33.5 Å². The number of benzene rings is 1. The summed E-state index contributed by atoms with van der Waals surface area (Å²) in [4.78, 5) is 30.7. The smallest absolute Gasteiger partial charge is 0.290 e. The van der Waals surface area contributed by atoms with Gasteiger partial charge in [-0.3, -0.25) is 14.8 Å². The summed E-state index contributed by atoms with van der Waals surface area (Å²) in [5.41, 5.74) is 3.17. The molecule has 6 nitrogen and oxygen atoms in total. The van der Waals surface area contributed by atoms with Gasteiger partial charge in [-0.25, -0.2) is 4.98 Å². The van der Waals surface area contributed by atoms with Crippen molar-refractivity contribution in [3.05, 3.63) is 52.8 Å². The van der Waals surface area contributed by atoms with Crippen molar-refractivity contribution < 1.29 is 4.79 Å². The molecule has 0 bridgehead atoms. The number of nitrogens with one attached hydrogen (secondary N) is 1. The van der Waals surface area contributed by atoms with Gasteiger partial charge in [-0.15, -0.1) is 0 Å². The van der Waals surface area contributed by atoms with Crippen LogP contribution in [-0.4, -0.2) is 37.3 Å². The fourth-order valence-corrected chi connectivity index (χ4v) is 3.21. The van der Waals surface area contributed by atoms with Crippen LogP contribution in [0.15, 0.2) is 30.6 Å². The minimum atomic E-state index is -0.152. The summed E-state index contributed by atoms with van der Waals surface area (Å²) < 4.78 is 0. The summed E-state index contributed by atoms with van der Waals surface area (Å²) in [6, 6.07) is 5.28. The predicted molar refractivity (Wildman–Crippen MR) is 86.3 cm³/mol. The number of nitrogens with zero attached hydrogens (tertiary/aromatic N) is 4. The molecule has 116 valence electrons. The maximum atomic E-state index is 12.8. The van der Waals surface area contributed by atoms with E-state index in [2.05, 4.69) is 19.9 Å². The number of halogens is 1. The highest BCUT2D eigenvalue weighted by molar-refractivity contribution is 6.35. The van der Waals surface area contributed by atoms with Gasteiger partial charge in [-0.05, 0) is 19.1 Å². The molecule has 3 aromatic rings. The highest BCUT2D eigenvalue weighted by Gasteiger charge is 2.31. The molecular weight excluding hydrogens is 314 g/mol. The average molecular weight is 328 g/mol. The Hall–Kier alpha value is -2.47. The van der Waals surface area contributed by atoms with Crippen molar-refractivity contribution in [1.29, 1.82) is 0 Å². The van der Waals surface area contributed by atoms with Crippen molar-refractivity contribution in [2.24, 2.45) is 0 Å². The monoisotopic (exact) mass is 327 g/mol. The molecule has 1 amide bonds. The van der Waals surface area contributed by atoms with E-state index in [0.29, 0.717) is 34.8 Å². The number of carbonyl (C=O) groups excluding carboxylic acids is 1. The predicted octanol–water partition coefficient (Wildman–Crippen LogP) is 2.77. The number of aromatic amines is 1. The van der Waals surface area contributed by atoms with Crippen LogP contribution >= 0.6 is 11.6 Å². The Morgan fingerprint density at radius 2 is 2.17 bits per heavy atom. The molecule has 0 saturated carbocycles. The summed E-state index contributed by atoms with van der Waals surface area (Å²) in [5, 5.41) is 0.553. The van der Waals surface area contributed by atoms with E-state index in [9.17, 15) is 4.79 Å². The lowest BCUT2D eigenvalue weighted by Gasteiger charge is -2.33. The number of fused-ring (bicyclic) bond motifs is 2. The molecule has 1 aliphatic rings. The number of hydrogen-bond donors (Lipinski definition) is 1. The van der Waals surface area contributed by atoms with Gasteiger partial charge < -0.3 is 9.88 Å². The van der Waals surface area contributed by atoms with E-state index in [1.54, 1.807) is 23.4 Å². The maximum absolute atomic E-state index is 12.8. The summed E-state index contributed by atoms with van der Waals surface area (Å²) in [6.45, 7) is 2.55. The molecule has 0 saturated heterocycles. The minimum absolute atomic E-state index is 0.136. The lowest BCUT2D eigenvalue weighted by molar-refractivity contribution is 0.0660. The van der Waals surface area contributed by atoms with Gasteiger partial charge in [0.2, 0.25) is 0 Å². The van der Waals surface area contributed by atoms with E-state index >= 15 is 0 Å². The van der Waals surface area contributed by atoms with Gasteiger partial charge in [0.25, 0.3) is 5.91 Å². The van der Waals surface area contributed by atoms with Crippen molar-refractivity contribution >= 4 is 28.5 Å². The lowest BCUT2D eigenvalue weighted by atomic mass is 10.0. The van der Waals surface area contributed by atoms with E-state index in [1.165, 1.54) is 0 Å². The number of rotatable bonds is 1. The van der Waals surface area contributed by atoms with E-state index in [4.69, 9.17) is 11.6 Å².